The standard InChI is InChI=1S/C21H21F7N2O2S/c1-13-12-29(19-7-6-16(22)11-18(19)21(26,27)28)8-9-30(13)33(31,32)17-5-3-4-15(10-17)14(2)20(23,24)25/h3-7,10-11,13-14H,8-9,12H2,1-2H3/t13-,14?/m1/s1. The van der Waals surface area contributed by atoms with E-state index in [-0.39, 0.29) is 35.8 Å². The van der Waals surface area contributed by atoms with Crippen LogP contribution in [0.2, 0.25) is 0 Å². The fraction of sp³-hybridized carbons (Fsp3) is 0.429. The van der Waals surface area contributed by atoms with E-state index in [4.69, 9.17) is 0 Å². The third kappa shape index (κ3) is 5.26. The molecule has 1 aliphatic heterocycles. The van der Waals surface area contributed by atoms with E-state index in [1.807, 2.05) is 0 Å². The normalized spacial score (nSPS) is 19.5. The van der Waals surface area contributed by atoms with Crippen LogP contribution in [0.5, 0.6) is 0 Å². The van der Waals surface area contributed by atoms with E-state index in [1.54, 1.807) is 0 Å². The van der Waals surface area contributed by atoms with Crippen LogP contribution in [0.25, 0.3) is 0 Å². The van der Waals surface area contributed by atoms with Crippen LogP contribution in [0.4, 0.5) is 36.4 Å². The zero-order valence-electron chi connectivity index (χ0n) is 17.6. The van der Waals surface area contributed by atoms with Gasteiger partial charge in [0.1, 0.15) is 5.82 Å². The molecule has 2 atom stereocenters. The van der Waals surface area contributed by atoms with Crippen molar-refractivity contribution < 1.29 is 39.2 Å². The topological polar surface area (TPSA) is 40.6 Å². The molecule has 0 amide bonds. The van der Waals surface area contributed by atoms with E-state index in [9.17, 15) is 39.2 Å². The summed E-state index contributed by atoms with van der Waals surface area (Å²) in [6.07, 6.45) is -9.36. The first-order valence-corrected chi connectivity index (χ1v) is 11.4. The molecule has 0 aliphatic carbocycles. The van der Waals surface area contributed by atoms with Crippen molar-refractivity contribution in [3.8, 4) is 0 Å². The van der Waals surface area contributed by atoms with Gasteiger partial charge in [-0.05, 0) is 49.7 Å². The largest absolute Gasteiger partial charge is 0.418 e. The van der Waals surface area contributed by atoms with Crippen LogP contribution in [0.3, 0.4) is 0 Å². The summed E-state index contributed by atoms with van der Waals surface area (Å²) >= 11 is 0. The van der Waals surface area contributed by atoms with Crippen LogP contribution in [0, 0.1) is 5.82 Å². The highest BCUT2D eigenvalue weighted by atomic mass is 32.2. The van der Waals surface area contributed by atoms with Crippen molar-refractivity contribution in [2.75, 3.05) is 24.5 Å². The Kier molecular flexibility index (Phi) is 6.73. The zero-order valence-corrected chi connectivity index (χ0v) is 18.4. The highest BCUT2D eigenvalue weighted by molar-refractivity contribution is 7.89. The van der Waals surface area contributed by atoms with Crippen molar-refractivity contribution >= 4 is 15.7 Å². The van der Waals surface area contributed by atoms with E-state index in [0.29, 0.717) is 6.07 Å². The lowest BCUT2D eigenvalue weighted by Gasteiger charge is -2.40. The van der Waals surface area contributed by atoms with Crippen LogP contribution in [0.15, 0.2) is 47.4 Å². The van der Waals surface area contributed by atoms with Crippen molar-refractivity contribution in [1.82, 2.24) is 4.31 Å². The van der Waals surface area contributed by atoms with E-state index in [1.165, 1.54) is 30.0 Å². The molecule has 0 N–H and O–H groups in total. The molecule has 1 aliphatic rings. The second-order valence-corrected chi connectivity index (χ2v) is 9.80. The molecule has 0 spiro atoms. The molecule has 0 saturated carbocycles. The van der Waals surface area contributed by atoms with Crippen LogP contribution >= 0.6 is 0 Å². The summed E-state index contributed by atoms with van der Waals surface area (Å²) < 4.78 is 120. The molecule has 0 bridgehead atoms. The highest BCUT2D eigenvalue weighted by Gasteiger charge is 2.40. The molecule has 0 radical (unpaired) electrons. The van der Waals surface area contributed by atoms with Gasteiger partial charge in [-0.15, -0.1) is 0 Å². The minimum absolute atomic E-state index is 0.114. The molecule has 12 heteroatoms. The number of anilines is 1. The van der Waals surface area contributed by atoms with Crippen LogP contribution in [0.1, 0.15) is 30.9 Å². The Balaban J connectivity index is 1.86. The lowest BCUT2D eigenvalue weighted by Crippen LogP contribution is -2.54. The van der Waals surface area contributed by atoms with Crippen molar-refractivity contribution in [3.05, 3.63) is 59.4 Å². The Morgan fingerprint density at radius 3 is 2.24 bits per heavy atom. The third-order valence-electron chi connectivity index (χ3n) is 5.63. The van der Waals surface area contributed by atoms with Gasteiger partial charge in [-0.2, -0.15) is 30.6 Å². The van der Waals surface area contributed by atoms with Crippen molar-refractivity contribution in [3.63, 3.8) is 0 Å². The Hall–Kier alpha value is -2.34. The fourth-order valence-corrected chi connectivity index (χ4v) is 5.47. The zero-order chi connectivity index (χ0) is 24.8. The van der Waals surface area contributed by atoms with Crippen molar-refractivity contribution in [2.24, 2.45) is 0 Å². The Labute approximate surface area is 186 Å². The number of halogens is 7. The van der Waals surface area contributed by atoms with E-state index >= 15 is 0 Å². The number of benzene rings is 2. The Bertz CT molecular complexity index is 1120. The monoisotopic (exact) mass is 498 g/mol. The summed E-state index contributed by atoms with van der Waals surface area (Å²) in [6, 6.07) is 6.04. The molecular formula is C21H21F7N2O2S. The number of alkyl halides is 6. The summed E-state index contributed by atoms with van der Waals surface area (Å²) in [7, 11) is -4.21. The average Bonchev–Trinajstić information content (AvgIpc) is 2.71. The van der Waals surface area contributed by atoms with Crippen molar-refractivity contribution in [1.29, 1.82) is 0 Å². The van der Waals surface area contributed by atoms with Gasteiger partial charge in [0, 0.05) is 31.4 Å². The number of rotatable bonds is 4. The summed E-state index contributed by atoms with van der Waals surface area (Å²) in [5.41, 5.74) is -1.65. The molecule has 33 heavy (non-hydrogen) atoms. The number of nitrogens with zero attached hydrogens (tertiary/aromatic N) is 2. The summed E-state index contributed by atoms with van der Waals surface area (Å²) in [6.45, 7) is 1.98. The quantitative estimate of drug-likeness (QED) is 0.530. The van der Waals surface area contributed by atoms with Gasteiger partial charge < -0.3 is 4.90 Å². The average molecular weight is 498 g/mol. The molecule has 1 saturated heterocycles. The second kappa shape index (κ2) is 8.79. The minimum atomic E-state index is -4.81. The molecule has 4 nitrogen and oxygen atoms in total. The first-order valence-electron chi connectivity index (χ1n) is 9.92. The van der Waals surface area contributed by atoms with Gasteiger partial charge in [0.25, 0.3) is 0 Å². The van der Waals surface area contributed by atoms with Gasteiger partial charge in [0.15, 0.2) is 0 Å². The lowest BCUT2D eigenvalue weighted by molar-refractivity contribution is -0.146. The Morgan fingerprint density at radius 1 is 1.00 bits per heavy atom. The Morgan fingerprint density at radius 2 is 1.67 bits per heavy atom. The number of hydrogen-bond acceptors (Lipinski definition) is 3. The third-order valence-corrected chi connectivity index (χ3v) is 7.64. The SMILES string of the molecule is CC(c1cccc(S(=O)(=O)N2CCN(c3ccc(F)cc3C(F)(F)F)C[C@H]2C)c1)C(F)(F)F. The van der Waals surface area contributed by atoms with Gasteiger partial charge in [-0.3, -0.25) is 0 Å². The number of sulfonamides is 1. The molecule has 182 valence electrons. The molecule has 2 aromatic carbocycles. The van der Waals surface area contributed by atoms with E-state index in [2.05, 4.69) is 0 Å². The lowest BCUT2D eigenvalue weighted by atomic mass is 10.0. The van der Waals surface area contributed by atoms with Crippen molar-refractivity contribution in [2.45, 2.75) is 43.1 Å². The van der Waals surface area contributed by atoms with E-state index < -0.39 is 45.7 Å². The fourth-order valence-electron chi connectivity index (χ4n) is 3.80. The van der Waals surface area contributed by atoms with Crippen LogP contribution in [-0.2, 0) is 16.2 Å². The first kappa shape index (κ1) is 25.3. The molecule has 1 unspecified atom stereocenters. The summed E-state index contributed by atoms with van der Waals surface area (Å²) in [5.74, 6) is -2.92. The van der Waals surface area contributed by atoms with Crippen LogP contribution < -0.4 is 4.90 Å². The maximum absolute atomic E-state index is 13.4. The molecule has 1 fully saturated rings. The van der Waals surface area contributed by atoms with E-state index in [0.717, 1.165) is 29.4 Å². The van der Waals surface area contributed by atoms with Gasteiger partial charge in [0.2, 0.25) is 10.0 Å². The molecule has 2 aromatic rings. The summed E-state index contributed by atoms with van der Waals surface area (Å²) in [4.78, 5) is 0.996. The highest BCUT2D eigenvalue weighted by Crippen LogP contribution is 2.39. The van der Waals surface area contributed by atoms with Gasteiger partial charge >= 0.3 is 12.4 Å². The maximum atomic E-state index is 13.4. The predicted molar refractivity (Wildman–Crippen MR) is 108 cm³/mol. The molecule has 0 aromatic heterocycles. The second-order valence-electron chi connectivity index (χ2n) is 7.91. The van der Waals surface area contributed by atoms with Gasteiger partial charge in [0.05, 0.1) is 16.4 Å². The predicted octanol–water partition coefficient (Wildman–Crippen LogP) is 5.41. The smallest absolute Gasteiger partial charge is 0.368 e. The summed E-state index contributed by atoms with van der Waals surface area (Å²) in [5, 5.41) is 0. The minimum Gasteiger partial charge on any atom is -0.368 e. The molecular weight excluding hydrogens is 477 g/mol. The first-order chi connectivity index (χ1) is 15.1. The van der Waals surface area contributed by atoms with Crippen LogP contribution in [-0.4, -0.2) is 44.6 Å². The molecule has 3 rings (SSSR count). The van der Waals surface area contributed by atoms with Gasteiger partial charge in [-0.25, -0.2) is 12.8 Å². The molecule has 1 heterocycles. The number of hydrogen-bond donors (Lipinski definition) is 0. The van der Waals surface area contributed by atoms with Gasteiger partial charge in [-0.1, -0.05) is 12.1 Å². The number of piperazine rings is 1. The maximum Gasteiger partial charge on any atom is 0.418 e.